The minimum atomic E-state index is -0.757. The van der Waals surface area contributed by atoms with E-state index in [1.54, 1.807) is 18.7 Å². The van der Waals surface area contributed by atoms with Crippen molar-refractivity contribution >= 4 is 17.7 Å². The van der Waals surface area contributed by atoms with E-state index in [9.17, 15) is 4.79 Å². The van der Waals surface area contributed by atoms with E-state index in [1.807, 2.05) is 13.2 Å². The second-order valence-electron chi connectivity index (χ2n) is 4.78. The summed E-state index contributed by atoms with van der Waals surface area (Å²) in [7, 11) is 0. The summed E-state index contributed by atoms with van der Waals surface area (Å²) in [6, 6.07) is -0.0610. The number of hydrogen-bond acceptors (Lipinski definition) is 4. The maximum Gasteiger partial charge on any atom is 0.240 e. The van der Waals surface area contributed by atoms with Gasteiger partial charge in [0.15, 0.2) is 0 Å². The molecule has 1 amide bonds. The summed E-state index contributed by atoms with van der Waals surface area (Å²) >= 11 is 1.55. The molecule has 5 heteroatoms. The first kappa shape index (κ1) is 13.8. The summed E-state index contributed by atoms with van der Waals surface area (Å²) in [6.45, 7) is 3.76. The van der Waals surface area contributed by atoms with E-state index in [-0.39, 0.29) is 23.8 Å². The highest BCUT2D eigenvalue weighted by Crippen LogP contribution is 2.38. The number of nitrogens with two attached hydrogens (primary N) is 1. The van der Waals surface area contributed by atoms with Gasteiger partial charge in [-0.3, -0.25) is 4.79 Å². The lowest BCUT2D eigenvalue weighted by molar-refractivity contribution is -0.127. The largest absolute Gasteiger partial charge is 0.395 e. The van der Waals surface area contributed by atoms with Gasteiger partial charge in [0.1, 0.15) is 0 Å². The van der Waals surface area contributed by atoms with Crippen molar-refractivity contribution in [2.24, 2.45) is 11.7 Å². The predicted octanol–water partition coefficient (Wildman–Crippen LogP) is 0.342. The van der Waals surface area contributed by atoms with Crippen LogP contribution >= 0.6 is 11.8 Å². The zero-order valence-electron chi connectivity index (χ0n) is 10.2. The molecule has 0 spiro atoms. The highest BCUT2D eigenvalue weighted by atomic mass is 32.2. The third-order valence-electron chi connectivity index (χ3n) is 3.31. The van der Waals surface area contributed by atoms with Crippen LogP contribution in [-0.4, -0.2) is 40.7 Å². The number of carbonyl (C=O) groups excluding carboxylic acids is 1. The average Bonchev–Trinajstić information content (AvgIpc) is 3.02. The van der Waals surface area contributed by atoms with Crippen molar-refractivity contribution in [2.75, 3.05) is 12.9 Å². The Morgan fingerprint density at radius 1 is 1.69 bits per heavy atom. The molecule has 4 N–H and O–H groups in total. The third kappa shape index (κ3) is 3.12. The Balaban J connectivity index is 2.49. The zero-order chi connectivity index (χ0) is 12.3. The average molecular weight is 246 g/mol. The summed E-state index contributed by atoms with van der Waals surface area (Å²) in [5.41, 5.74) is 5.26. The lowest BCUT2D eigenvalue weighted by atomic mass is 9.95. The number of amides is 1. The molecule has 1 aliphatic rings. The number of thioether (sulfide) groups is 1. The van der Waals surface area contributed by atoms with Gasteiger partial charge in [-0.25, -0.2) is 0 Å². The molecule has 16 heavy (non-hydrogen) atoms. The highest BCUT2D eigenvalue weighted by molar-refractivity contribution is 7.99. The molecule has 0 heterocycles. The van der Waals surface area contributed by atoms with Crippen LogP contribution in [0.15, 0.2) is 0 Å². The topological polar surface area (TPSA) is 75.3 Å². The van der Waals surface area contributed by atoms with E-state index < -0.39 is 5.54 Å². The Kier molecular flexibility index (Phi) is 4.64. The molecule has 1 saturated carbocycles. The number of carbonyl (C=O) groups is 1. The molecule has 0 aliphatic heterocycles. The van der Waals surface area contributed by atoms with Gasteiger partial charge in [-0.2, -0.15) is 11.8 Å². The quantitative estimate of drug-likeness (QED) is 0.632. The third-order valence-corrected chi connectivity index (χ3v) is 4.48. The fraction of sp³-hybridized carbons (Fsp3) is 0.909. The Morgan fingerprint density at radius 2 is 2.25 bits per heavy atom. The van der Waals surface area contributed by atoms with Crippen LogP contribution in [0.4, 0.5) is 0 Å². The van der Waals surface area contributed by atoms with Crippen LogP contribution in [0.25, 0.3) is 0 Å². The Labute approximate surface area is 101 Å². The van der Waals surface area contributed by atoms with Gasteiger partial charge in [-0.1, -0.05) is 0 Å². The molecule has 1 aliphatic carbocycles. The lowest BCUT2D eigenvalue weighted by Crippen LogP contribution is -2.57. The van der Waals surface area contributed by atoms with Crippen molar-refractivity contribution in [3.8, 4) is 0 Å². The summed E-state index contributed by atoms with van der Waals surface area (Å²) in [6.07, 6.45) is 4.01. The van der Waals surface area contributed by atoms with Crippen molar-refractivity contribution in [2.45, 2.75) is 43.5 Å². The fourth-order valence-electron chi connectivity index (χ4n) is 1.76. The zero-order valence-corrected chi connectivity index (χ0v) is 11.0. The first-order valence-electron chi connectivity index (χ1n) is 5.67. The van der Waals surface area contributed by atoms with E-state index in [0.29, 0.717) is 5.92 Å². The molecule has 0 aromatic heterocycles. The molecular formula is C11H22N2O2S. The molecule has 3 unspecified atom stereocenters. The van der Waals surface area contributed by atoms with E-state index in [2.05, 4.69) is 5.32 Å². The first-order chi connectivity index (χ1) is 7.43. The fourth-order valence-corrected chi connectivity index (χ4v) is 2.39. The molecule has 0 aromatic rings. The van der Waals surface area contributed by atoms with E-state index in [0.717, 1.165) is 12.8 Å². The van der Waals surface area contributed by atoms with Gasteiger partial charge < -0.3 is 16.2 Å². The van der Waals surface area contributed by atoms with Gasteiger partial charge in [0.2, 0.25) is 5.91 Å². The lowest BCUT2D eigenvalue weighted by Gasteiger charge is -2.28. The van der Waals surface area contributed by atoms with Gasteiger partial charge in [0, 0.05) is 11.3 Å². The number of rotatable bonds is 6. The van der Waals surface area contributed by atoms with Gasteiger partial charge in [-0.05, 0) is 38.9 Å². The van der Waals surface area contributed by atoms with Crippen LogP contribution in [0.3, 0.4) is 0 Å². The second kappa shape index (κ2) is 5.38. The minimum absolute atomic E-state index is 0.0268. The van der Waals surface area contributed by atoms with E-state index in [4.69, 9.17) is 10.8 Å². The van der Waals surface area contributed by atoms with Crippen molar-refractivity contribution in [3.63, 3.8) is 0 Å². The summed E-state index contributed by atoms with van der Waals surface area (Å²) in [4.78, 5) is 12.0. The van der Waals surface area contributed by atoms with Gasteiger partial charge >= 0.3 is 0 Å². The maximum absolute atomic E-state index is 12.0. The molecule has 1 fully saturated rings. The number of aliphatic hydroxyl groups is 1. The highest BCUT2D eigenvalue weighted by Gasteiger charge is 2.44. The molecule has 4 nitrogen and oxygen atoms in total. The van der Waals surface area contributed by atoms with Crippen molar-refractivity contribution in [3.05, 3.63) is 0 Å². The van der Waals surface area contributed by atoms with Crippen LogP contribution in [0.5, 0.6) is 0 Å². The van der Waals surface area contributed by atoms with Crippen LogP contribution in [0, 0.1) is 5.92 Å². The smallest absolute Gasteiger partial charge is 0.240 e. The molecule has 94 valence electrons. The molecule has 0 radical (unpaired) electrons. The molecule has 3 atom stereocenters. The van der Waals surface area contributed by atoms with Crippen LogP contribution < -0.4 is 11.1 Å². The molecule has 0 bridgehead atoms. The van der Waals surface area contributed by atoms with E-state index >= 15 is 0 Å². The standard InChI is InChI=1S/C11H22N2O2S/c1-7(9(6-14)16-3)13-10(15)11(2,12)8-4-5-8/h7-9,14H,4-6,12H2,1-3H3,(H,13,15). The normalized spacial score (nSPS) is 23.3. The minimum Gasteiger partial charge on any atom is -0.395 e. The van der Waals surface area contributed by atoms with Crippen LogP contribution in [0.2, 0.25) is 0 Å². The van der Waals surface area contributed by atoms with Crippen molar-refractivity contribution in [1.82, 2.24) is 5.32 Å². The Bertz CT molecular complexity index is 250. The van der Waals surface area contributed by atoms with Gasteiger partial charge in [0.25, 0.3) is 0 Å². The molecule has 0 saturated heterocycles. The molecule has 1 rings (SSSR count). The van der Waals surface area contributed by atoms with Crippen LogP contribution in [-0.2, 0) is 4.79 Å². The number of hydrogen-bond donors (Lipinski definition) is 3. The second-order valence-corrected chi connectivity index (χ2v) is 5.85. The summed E-state index contributed by atoms with van der Waals surface area (Å²) in [5.74, 6) is 0.219. The molecule has 0 aromatic carbocycles. The monoisotopic (exact) mass is 246 g/mol. The first-order valence-corrected chi connectivity index (χ1v) is 6.95. The molecular weight excluding hydrogens is 224 g/mol. The summed E-state index contributed by atoms with van der Waals surface area (Å²) < 4.78 is 0. The Morgan fingerprint density at radius 3 is 2.62 bits per heavy atom. The van der Waals surface area contributed by atoms with E-state index in [1.165, 1.54) is 0 Å². The van der Waals surface area contributed by atoms with Gasteiger partial charge in [0.05, 0.1) is 12.1 Å². The van der Waals surface area contributed by atoms with Gasteiger partial charge in [-0.15, -0.1) is 0 Å². The summed E-state index contributed by atoms with van der Waals surface area (Å²) in [5, 5.41) is 12.1. The van der Waals surface area contributed by atoms with Crippen molar-refractivity contribution in [1.29, 1.82) is 0 Å². The number of aliphatic hydroxyl groups excluding tert-OH is 1. The SMILES string of the molecule is CSC(CO)C(C)NC(=O)C(C)(N)C1CC1. The Hall–Kier alpha value is -0.260. The van der Waals surface area contributed by atoms with Crippen molar-refractivity contribution < 1.29 is 9.90 Å². The number of nitrogens with one attached hydrogen (secondary N) is 1. The predicted molar refractivity (Wildman–Crippen MR) is 67.3 cm³/mol. The maximum atomic E-state index is 12.0. The van der Waals surface area contributed by atoms with Crippen LogP contribution in [0.1, 0.15) is 26.7 Å².